The van der Waals surface area contributed by atoms with Gasteiger partial charge in [-0.05, 0) is 47.8 Å². The maximum Gasteiger partial charge on any atom is 0.0270 e. The molecule has 1 aromatic rings. The first-order valence-electron chi connectivity index (χ1n) is 6.80. The molecule has 1 atom stereocenters. The maximum atomic E-state index is 4.09. The standard InChI is InChI=1S/C16H26N/c1-6-15(12(2)3)16(13(4)5)11-14-7-9-17-10-8-14/h7-10,12-13,15H,6,11H2,1-5H3. The van der Waals surface area contributed by atoms with Crippen molar-refractivity contribution in [2.24, 2.45) is 17.8 Å². The van der Waals surface area contributed by atoms with E-state index in [1.54, 1.807) is 5.92 Å². The zero-order valence-electron chi connectivity index (χ0n) is 11.9. The average Bonchev–Trinajstić information content (AvgIpc) is 2.29. The van der Waals surface area contributed by atoms with Gasteiger partial charge in [-0.1, -0.05) is 41.0 Å². The predicted octanol–water partition coefficient (Wildman–Crippen LogP) is 4.54. The van der Waals surface area contributed by atoms with Crippen LogP contribution in [0.1, 0.15) is 46.6 Å². The summed E-state index contributed by atoms with van der Waals surface area (Å²) in [7, 11) is 0. The molecule has 0 saturated carbocycles. The Bertz CT molecular complexity index is 303. The lowest BCUT2D eigenvalue weighted by molar-refractivity contribution is 0.334. The van der Waals surface area contributed by atoms with Gasteiger partial charge in [0.2, 0.25) is 0 Å². The van der Waals surface area contributed by atoms with E-state index >= 15 is 0 Å². The Morgan fingerprint density at radius 1 is 1.12 bits per heavy atom. The SMILES string of the molecule is CCC([C](Cc1ccncc1)C(C)C)C(C)C. The normalized spacial score (nSPS) is 13.6. The molecule has 0 aromatic carbocycles. The zero-order chi connectivity index (χ0) is 12.8. The van der Waals surface area contributed by atoms with Crippen LogP contribution in [0.15, 0.2) is 24.5 Å². The third-order valence-electron chi connectivity index (χ3n) is 3.62. The van der Waals surface area contributed by atoms with E-state index in [9.17, 15) is 0 Å². The smallest absolute Gasteiger partial charge is 0.0270 e. The molecule has 1 nitrogen and oxygen atoms in total. The van der Waals surface area contributed by atoms with E-state index in [0.29, 0.717) is 5.92 Å². The van der Waals surface area contributed by atoms with Crippen molar-refractivity contribution in [1.82, 2.24) is 4.98 Å². The van der Waals surface area contributed by atoms with Crippen molar-refractivity contribution in [3.63, 3.8) is 0 Å². The molecule has 0 saturated heterocycles. The highest BCUT2D eigenvalue weighted by atomic mass is 14.6. The van der Waals surface area contributed by atoms with E-state index in [1.807, 2.05) is 12.4 Å². The fourth-order valence-corrected chi connectivity index (χ4v) is 2.66. The summed E-state index contributed by atoms with van der Waals surface area (Å²) in [5.41, 5.74) is 1.39. The highest BCUT2D eigenvalue weighted by Crippen LogP contribution is 2.34. The first-order valence-corrected chi connectivity index (χ1v) is 6.80. The topological polar surface area (TPSA) is 12.9 Å². The number of rotatable bonds is 6. The molecule has 0 bridgehead atoms. The molecule has 1 heterocycles. The fourth-order valence-electron chi connectivity index (χ4n) is 2.66. The first-order chi connectivity index (χ1) is 8.06. The van der Waals surface area contributed by atoms with E-state index < -0.39 is 0 Å². The molecular weight excluding hydrogens is 206 g/mol. The van der Waals surface area contributed by atoms with Crippen molar-refractivity contribution in [2.45, 2.75) is 47.5 Å². The fraction of sp³-hybridized carbons (Fsp3) is 0.625. The van der Waals surface area contributed by atoms with Gasteiger partial charge in [-0.2, -0.15) is 0 Å². The van der Waals surface area contributed by atoms with Crippen LogP contribution in [-0.2, 0) is 6.42 Å². The molecule has 0 amide bonds. The van der Waals surface area contributed by atoms with Crippen LogP contribution >= 0.6 is 0 Å². The number of pyridine rings is 1. The highest BCUT2D eigenvalue weighted by molar-refractivity contribution is 5.18. The van der Waals surface area contributed by atoms with Gasteiger partial charge in [0.25, 0.3) is 0 Å². The number of aromatic nitrogens is 1. The van der Waals surface area contributed by atoms with Crippen LogP contribution in [0.4, 0.5) is 0 Å². The third-order valence-corrected chi connectivity index (χ3v) is 3.62. The molecule has 1 radical (unpaired) electrons. The molecular formula is C16H26N. The molecule has 0 aliphatic rings. The van der Waals surface area contributed by atoms with Crippen LogP contribution in [0.5, 0.6) is 0 Å². The monoisotopic (exact) mass is 232 g/mol. The second kappa shape index (κ2) is 6.78. The van der Waals surface area contributed by atoms with E-state index in [4.69, 9.17) is 0 Å². The Labute approximate surface area is 107 Å². The Balaban J connectivity index is 2.79. The molecule has 1 aromatic heterocycles. The lowest BCUT2D eigenvalue weighted by atomic mass is 9.73. The lowest BCUT2D eigenvalue weighted by Crippen LogP contribution is -2.24. The molecule has 0 N–H and O–H groups in total. The molecule has 95 valence electrons. The summed E-state index contributed by atoms with van der Waals surface area (Å²) >= 11 is 0. The van der Waals surface area contributed by atoms with Gasteiger partial charge >= 0.3 is 0 Å². The summed E-state index contributed by atoms with van der Waals surface area (Å²) in [4.78, 5) is 4.09. The van der Waals surface area contributed by atoms with Crippen LogP contribution in [0.3, 0.4) is 0 Å². The molecule has 0 fully saturated rings. The highest BCUT2D eigenvalue weighted by Gasteiger charge is 2.26. The summed E-state index contributed by atoms with van der Waals surface area (Å²) in [5, 5.41) is 0. The second-order valence-electron chi connectivity index (χ2n) is 5.52. The van der Waals surface area contributed by atoms with Gasteiger partial charge in [-0.3, -0.25) is 4.98 Å². The molecule has 0 aliphatic carbocycles. The van der Waals surface area contributed by atoms with Crippen LogP contribution < -0.4 is 0 Å². The van der Waals surface area contributed by atoms with Gasteiger partial charge in [-0.25, -0.2) is 0 Å². The third kappa shape index (κ3) is 4.14. The Kier molecular flexibility index (Phi) is 5.67. The summed E-state index contributed by atoms with van der Waals surface area (Å²) in [5.74, 6) is 3.83. The number of nitrogens with zero attached hydrogens (tertiary/aromatic N) is 1. The van der Waals surface area contributed by atoms with E-state index in [2.05, 4.69) is 51.7 Å². The Hall–Kier alpha value is -0.850. The van der Waals surface area contributed by atoms with Crippen LogP contribution in [0.2, 0.25) is 0 Å². The zero-order valence-corrected chi connectivity index (χ0v) is 11.9. The van der Waals surface area contributed by atoms with Crippen molar-refractivity contribution < 1.29 is 0 Å². The molecule has 17 heavy (non-hydrogen) atoms. The van der Waals surface area contributed by atoms with Crippen molar-refractivity contribution in [3.8, 4) is 0 Å². The van der Waals surface area contributed by atoms with Gasteiger partial charge in [-0.15, -0.1) is 0 Å². The number of hydrogen-bond donors (Lipinski definition) is 0. The molecule has 1 rings (SSSR count). The second-order valence-corrected chi connectivity index (χ2v) is 5.52. The average molecular weight is 232 g/mol. The molecule has 1 unspecified atom stereocenters. The number of hydrogen-bond acceptors (Lipinski definition) is 1. The van der Waals surface area contributed by atoms with Crippen molar-refractivity contribution in [1.29, 1.82) is 0 Å². The molecule has 1 heteroatoms. The first kappa shape index (κ1) is 14.2. The quantitative estimate of drug-likeness (QED) is 0.702. The van der Waals surface area contributed by atoms with Gasteiger partial charge in [0, 0.05) is 12.4 Å². The minimum atomic E-state index is 0.663. The van der Waals surface area contributed by atoms with Crippen molar-refractivity contribution in [3.05, 3.63) is 36.0 Å². The molecule has 0 spiro atoms. The minimum absolute atomic E-state index is 0.663. The summed E-state index contributed by atoms with van der Waals surface area (Å²) in [6, 6.07) is 4.27. The van der Waals surface area contributed by atoms with Gasteiger partial charge in [0.1, 0.15) is 0 Å². The summed E-state index contributed by atoms with van der Waals surface area (Å²) in [6.45, 7) is 11.6. The summed E-state index contributed by atoms with van der Waals surface area (Å²) in [6.07, 6.45) is 6.14. The van der Waals surface area contributed by atoms with E-state index in [-0.39, 0.29) is 0 Å². The van der Waals surface area contributed by atoms with Crippen LogP contribution in [0, 0.1) is 23.7 Å². The summed E-state index contributed by atoms with van der Waals surface area (Å²) < 4.78 is 0. The largest absolute Gasteiger partial charge is 0.265 e. The lowest BCUT2D eigenvalue weighted by Gasteiger charge is -2.32. The van der Waals surface area contributed by atoms with Crippen LogP contribution in [-0.4, -0.2) is 4.98 Å². The van der Waals surface area contributed by atoms with Gasteiger partial charge < -0.3 is 0 Å². The van der Waals surface area contributed by atoms with Crippen molar-refractivity contribution >= 4 is 0 Å². The Morgan fingerprint density at radius 2 is 1.71 bits per heavy atom. The molecule has 0 aliphatic heterocycles. The Morgan fingerprint density at radius 3 is 2.12 bits per heavy atom. The van der Waals surface area contributed by atoms with E-state index in [1.165, 1.54) is 12.0 Å². The van der Waals surface area contributed by atoms with Crippen LogP contribution in [0.25, 0.3) is 0 Å². The van der Waals surface area contributed by atoms with E-state index in [0.717, 1.165) is 18.3 Å². The van der Waals surface area contributed by atoms with Gasteiger partial charge in [0.05, 0.1) is 0 Å². The van der Waals surface area contributed by atoms with Gasteiger partial charge in [0.15, 0.2) is 0 Å². The maximum absolute atomic E-state index is 4.09. The minimum Gasteiger partial charge on any atom is -0.265 e. The van der Waals surface area contributed by atoms with Crippen molar-refractivity contribution in [2.75, 3.05) is 0 Å². The predicted molar refractivity (Wildman–Crippen MR) is 74.6 cm³/mol.